The number of rotatable bonds is 7. The first-order valence-corrected chi connectivity index (χ1v) is 6.13. The van der Waals surface area contributed by atoms with Crippen molar-refractivity contribution in [2.45, 2.75) is 13.5 Å². The molecule has 0 radical (unpaired) electrons. The summed E-state index contributed by atoms with van der Waals surface area (Å²) in [5.41, 5.74) is 0.990. The summed E-state index contributed by atoms with van der Waals surface area (Å²) in [5.74, 6) is 1.31. The monoisotopic (exact) mass is 267 g/mol. The average molecular weight is 267 g/mol. The van der Waals surface area contributed by atoms with Crippen molar-refractivity contribution >= 4 is 5.91 Å². The van der Waals surface area contributed by atoms with Gasteiger partial charge in [-0.1, -0.05) is 6.07 Å². The molecule has 1 aromatic rings. The molecule has 5 heteroatoms. The fourth-order valence-electron chi connectivity index (χ4n) is 1.79. The number of benzene rings is 1. The van der Waals surface area contributed by atoms with Crippen LogP contribution < -0.4 is 9.47 Å². The lowest BCUT2D eigenvalue weighted by Gasteiger charge is -2.21. The average Bonchev–Trinajstić information content (AvgIpc) is 2.44. The van der Waals surface area contributed by atoms with Gasteiger partial charge in [0.1, 0.15) is 6.61 Å². The van der Waals surface area contributed by atoms with E-state index in [1.807, 2.05) is 25.1 Å². The molecule has 0 atom stereocenters. The van der Waals surface area contributed by atoms with Gasteiger partial charge in [0, 0.05) is 20.2 Å². The van der Waals surface area contributed by atoms with Crippen LogP contribution in [-0.2, 0) is 16.1 Å². The molecule has 1 aromatic carbocycles. The Bertz CT molecular complexity index is 420. The minimum atomic E-state index is -0.0280. The highest BCUT2D eigenvalue weighted by Gasteiger charge is 2.13. The summed E-state index contributed by atoms with van der Waals surface area (Å²) in [6.45, 7) is 3.20. The van der Waals surface area contributed by atoms with Crippen LogP contribution in [0, 0.1) is 0 Å². The summed E-state index contributed by atoms with van der Waals surface area (Å²) in [4.78, 5) is 13.5. The van der Waals surface area contributed by atoms with E-state index >= 15 is 0 Å². The molecule has 0 heterocycles. The van der Waals surface area contributed by atoms with E-state index in [9.17, 15) is 4.79 Å². The fourth-order valence-corrected chi connectivity index (χ4v) is 1.79. The van der Waals surface area contributed by atoms with Crippen LogP contribution in [0.5, 0.6) is 11.5 Å². The number of hydrogen-bond donors (Lipinski definition) is 0. The molecule has 106 valence electrons. The molecule has 5 nitrogen and oxygen atoms in total. The van der Waals surface area contributed by atoms with Crippen molar-refractivity contribution < 1.29 is 19.0 Å². The number of methoxy groups -OCH3 is 3. The maximum Gasteiger partial charge on any atom is 0.248 e. The van der Waals surface area contributed by atoms with Crippen molar-refractivity contribution in [2.24, 2.45) is 0 Å². The van der Waals surface area contributed by atoms with E-state index < -0.39 is 0 Å². The minimum Gasteiger partial charge on any atom is -0.493 e. The molecule has 0 aromatic heterocycles. The predicted octanol–water partition coefficient (Wildman–Crippen LogP) is 1.70. The lowest BCUT2D eigenvalue weighted by atomic mass is 10.2. The van der Waals surface area contributed by atoms with Crippen LogP contribution in [0.3, 0.4) is 0 Å². The molecule has 0 bridgehead atoms. The van der Waals surface area contributed by atoms with Crippen LogP contribution >= 0.6 is 0 Å². The van der Waals surface area contributed by atoms with Crippen LogP contribution in [0.15, 0.2) is 18.2 Å². The van der Waals surface area contributed by atoms with Crippen LogP contribution in [0.4, 0.5) is 0 Å². The molecule has 0 aliphatic heterocycles. The summed E-state index contributed by atoms with van der Waals surface area (Å²) in [6, 6.07) is 5.63. The second-order valence-electron chi connectivity index (χ2n) is 4.03. The quantitative estimate of drug-likeness (QED) is 0.754. The Morgan fingerprint density at radius 1 is 1.16 bits per heavy atom. The van der Waals surface area contributed by atoms with Gasteiger partial charge in [-0.05, 0) is 24.6 Å². The lowest BCUT2D eigenvalue weighted by molar-refractivity contribution is -0.135. The molecule has 0 saturated carbocycles. The van der Waals surface area contributed by atoms with E-state index in [0.29, 0.717) is 24.6 Å². The highest BCUT2D eigenvalue weighted by atomic mass is 16.5. The van der Waals surface area contributed by atoms with Crippen molar-refractivity contribution in [2.75, 3.05) is 34.5 Å². The molecular formula is C14H21NO4. The van der Waals surface area contributed by atoms with Gasteiger partial charge in [0.2, 0.25) is 5.91 Å². The highest BCUT2D eigenvalue weighted by Crippen LogP contribution is 2.27. The highest BCUT2D eigenvalue weighted by molar-refractivity contribution is 5.77. The largest absolute Gasteiger partial charge is 0.493 e. The topological polar surface area (TPSA) is 48.0 Å². The molecule has 0 fully saturated rings. The van der Waals surface area contributed by atoms with Gasteiger partial charge in [-0.3, -0.25) is 4.79 Å². The zero-order chi connectivity index (χ0) is 14.3. The number of carbonyl (C=O) groups is 1. The molecule has 19 heavy (non-hydrogen) atoms. The van der Waals surface area contributed by atoms with Gasteiger partial charge in [0.15, 0.2) is 11.5 Å². The van der Waals surface area contributed by atoms with E-state index in [1.54, 1.807) is 19.1 Å². The van der Waals surface area contributed by atoms with Crippen molar-refractivity contribution in [1.29, 1.82) is 0 Å². The van der Waals surface area contributed by atoms with Crippen LogP contribution in [0.25, 0.3) is 0 Å². The molecular weight excluding hydrogens is 246 g/mol. The van der Waals surface area contributed by atoms with Gasteiger partial charge in [-0.2, -0.15) is 0 Å². The SMILES string of the molecule is CCN(Cc1ccc(OC)c(OC)c1)C(=O)COC. The molecule has 0 N–H and O–H groups in total. The maximum atomic E-state index is 11.8. The summed E-state index contributed by atoms with van der Waals surface area (Å²) in [5, 5.41) is 0. The summed E-state index contributed by atoms with van der Waals surface area (Å²) < 4.78 is 15.3. The minimum absolute atomic E-state index is 0.0280. The molecule has 0 aliphatic rings. The second-order valence-corrected chi connectivity index (χ2v) is 4.03. The standard InChI is InChI=1S/C14H21NO4/c1-5-15(14(16)10-17-2)9-11-6-7-12(18-3)13(8-11)19-4/h6-8H,5,9-10H2,1-4H3. The van der Waals surface area contributed by atoms with Gasteiger partial charge < -0.3 is 19.1 Å². The molecule has 0 aliphatic carbocycles. The Morgan fingerprint density at radius 2 is 1.84 bits per heavy atom. The Balaban J connectivity index is 2.82. The van der Waals surface area contributed by atoms with Gasteiger partial charge in [-0.15, -0.1) is 0 Å². The van der Waals surface area contributed by atoms with E-state index in [0.717, 1.165) is 5.56 Å². The number of likely N-dealkylation sites (N-methyl/N-ethyl adjacent to an activating group) is 1. The Hall–Kier alpha value is -1.75. The van der Waals surface area contributed by atoms with Crippen LogP contribution in [-0.4, -0.2) is 45.3 Å². The molecule has 0 saturated heterocycles. The van der Waals surface area contributed by atoms with Gasteiger partial charge in [0.05, 0.1) is 14.2 Å². The first-order chi connectivity index (χ1) is 9.15. The smallest absolute Gasteiger partial charge is 0.248 e. The maximum absolute atomic E-state index is 11.8. The van der Waals surface area contributed by atoms with Gasteiger partial charge >= 0.3 is 0 Å². The van der Waals surface area contributed by atoms with Gasteiger partial charge in [-0.25, -0.2) is 0 Å². The van der Waals surface area contributed by atoms with E-state index in [4.69, 9.17) is 14.2 Å². The predicted molar refractivity (Wildman–Crippen MR) is 72.5 cm³/mol. The van der Waals surface area contributed by atoms with E-state index in [2.05, 4.69) is 0 Å². The van der Waals surface area contributed by atoms with E-state index in [1.165, 1.54) is 7.11 Å². The second kappa shape index (κ2) is 7.63. The lowest BCUT2D eigenvalue weighted by Crippen LogP contribution is -2.33. The number of nitrogens with zero attached hydrogens (tertiary/aromatic N) is 1. The normalized spacial score (nSPS) is 10.1. The summed E-state index contributed by atoms with van der Waals surface area (Å²) >= 11 is 0. The molecule has 0 spiro atoms. The van der Waals surface area contributed by atoms with Crippen molar-refractivity contribution in [3.63, 3.8) is 0 Å². The zero-order valence-corrected chi connectivity index (χ0v) is 11.9. The van der Waals surface area contributed by atoms with Crippen molar-refractivity contribution in [3.05, 3.63) is 23.8 Å². The van der Waals surface area contributed by atoms with Gasteiger partial charge in [0.25, 0.3) is 0 Å². The molecule has 0 unspecified atom stereocenters. The van der Waals surface area contributed by atoms with Crippen molar-refractivity contribution in [3.8, 4) is 11.5 Å². The Morgan fingerprint density at radius 3 is 2.37 bits per heavy atom. The number of ether oxygens (including phenoxy) is 3. The molecule has 1 rings (SSSR count). The first-order valence-electron chi connectivity index (χ1n) is 6.13. The zero-order valence-electron chi connectivity index (χ0n) is 11.9. The third-order valence-corrected chi connectivity index (χ3v) is 2.82. The van der Waals surface area contributed by atoms with Crippen molar-refractivity contribution in [1.82, 2.24) is 4.90 Å². The summed E-state index contributed by atoms with van der Waals surface area (Å²) in [6.07, 6.45) is 0. The first kappa shape index (κ1) is 15.3. The van der Waals surface area contributed by atoms with Crippen LogP contribution in [0.1, 0.15) is 12.5 Å². The summed E-state index contributed by atoms with van der Waals surface area (Å²) in [7, 11) is 4.70. The number of hydrogen-bond acceptors (Lipinski definition) is 4. The third kappa shape index (κ3) is 4.13. The Kier molecular flexibility index (Phi) is 6.15. The number of amides is 1. The van der Waals surface area contributed by atoms with E-state index in [-0.39, 0.29) is 12.5 Å². The fraction of sp³-hybridized carbons (Fsp3) is 0.500. The third-order valence-electron chi connectivity index (χ3n) is 2.82. The van der Waals surface area contributed by atoms with Crippen LogP contribution in [0.2, 0.25) is 0 Å². The number of carbonyl (C=O) groups excluding carboxylic acids is 1. The molecule has 1 amide bonds. The Labute approximate surface area is 114 Å².